The summed E-state index contributed by atoms with van der Waals surface area (Å²) in [5, 5.41) is 0. The van der Waals surface area contributed by atoms with Gasteiger partial charge >= 0.3 is 5.97 Å². The number of amides is 1. The summed E-state index contributed by atoms with van der Waals surface area (Å²) >= 11 is 1.37. The molecule has 0 radical (unpaired) electrons. The summed E-state index contributed by atoms with van der Waals surface area (Å²) in [5.74, 6) is -1.25. The number of carbonyl (C=O) groups is 2. The Bertz CT molecular complexity index is 1340. The number of halogens is 2. The van der Waals surface area contributed by atoms with Crippen molar-refractivity contribution in [1.29, 1.82) is 0 Å². The highest BCUT2D eigenvalue weighted by Crippen LogP contribution is 2.36. The molecule has 5 rings (SSSR count). The van der Waals surface area contributed by atoms with E-state index in [1.54, 1.807) is 35.5 Å². The molecule has 11 heteroatoms. The molecule has 1 atom stereocenters. The fourth-order valence-corrected chi connectivity index (χ4v) is 5.77. The molecule has 39 heavy (non-hydrogen) atoms. The zero-order chi connectivity index (χ0) is 27.4. The molecule has 2 aliphatic heterocycles. The number of thioether (sulfide) groups is 1. The van der Waals surface area contributed by atoms with Gasteiger partial charge in [-0.1, -0.05) is 12.1 Å². The number of aromatic nitrogens is 2. The second kappa shape index (κ2) is 11.7. The molecule has 2 aliphatic rings. The summed E-state index contributed by atoms with van der Waals surface area (Å²) < 4.78 is 33.3. The first-order chi connectivity index (χ1) is 18.9. The van der Waals surface area contributed by atoms with Crippen molar-refractivity contribution < 1.29 is 23.1 Å². The smallest absolute Gasteiger partial charge is 0.329 e. The second-order valence-electron chi connectivity index (χ2n) is 9.58. The van der Waals surface area contributed by atoms with Crippen LogP contribution in [0.5, 0.6) is 5.75 Å². The third-order valence-corrected chi connectivity index (χ3v) is 8.51. The number of hydrogen-bond donors (Lipinski definition) is 0. The minimum Gasteiger partial charge on any atom is -0.422 e. The predicted molar refractivity (Wildman–Crippen MR) is 146 cm³/mol. The molecule has 1 unspecified atom stereocenters. The Balaban J connectivity index is 1.14. The molecular weight excluding hydrogens is 524 g/mol. The van der Waals surface area contributed by atoms with Gasteiger partial charge < -0.3 is 14.5 Å². The Morgan fingerprint density at radius 3 is 2.41 bits per heavy atom. The van der Waals surface area contributed by atoms with Gasteiger partial charge in [-0.3, -0.25) is 14.5 Å². The van der Waals surface area contributed by atoms with E-state index in [2.05, 4.69) is 14.9 Å². The lowest BCUT2D eigenvalue weighted by molar-refractivity contribution is -0.137. The van der Waals surface area contributed by atoms with Crippen molar-refractivity contribution in [3.63, 3.8) is 0 Å². The molecule has 0 bridgehead atoms. The summed E-state index contributed by atoms with van der Waals surface area (Å²) in [7, 11) is 0. The third-order valence-electron chi connectivity index (χ3n) is 7.23. The molecule has 2 aromatic carbocycles. The Labute approximate surface area is 230 Å². The van der Waals surface area contributed by atoms with Gasteiger partial charge in [-0.05, 0) is 49.1 Å². The number of esters is 1. The van der Waals surface area contributed by atoms with Crippen LogP contribution >= 0.6 is 11.8 Å². The van der Waals surface area contributed by atoms with E-state index in [1.165, 1.54) is 36.0 Å². The van der Waals surface area contributed by atoms with Crippen LogP contribution in [-0.2, 0) is 9.59 Å². The lowest BCUT2D eigenvalue weighted by Crippen LogP contribution is -2.51. The van der Waals surface area contributed by atoms with Gasteiger partial charge in [0, 0.05) is 57.3 Å². The number of nitrogens with zero attached hydrogens (tertiary/aromatic N) is 5. The standard InChI is InChI=1S/C28H29F2N5O3S/c1-39-28(27(37)38-24-6-3-2-5-22(24)29)9-12-33(19-28)18-25(36)35-15-13-34(14-16-35)20-7-8-21(23(30)17-20)26-31-10-4-11-32-26/h2-8,10-11,17H,9,12-16,18-19H2,1H3. The van der Waals surface area contributed by atoms with Crippen molar-refractivity contribution in [2.45, 2.75) is 11.2 Å². The number of anilines is 1. The quantitative estimate of drug-likeness (QED) is 0.325. The molecule has 0 aliphatic carbocycles. The second-order valence-corrected chi connectivity index (χ2v) is 10.8. The van der Waals surface area contributed by atoms with Crippen LogP contribution in [0, 0.1) is 11.6 Å². The summed E-state index contributed by atoms with van der Waals surface area (Å²) in [6, 6.07) is 12.5. The fraction of sp³-hybridized carbons (Fsp3) is 0.357. The molecule has 1 aromatic heterocycles. The topological polar surface area (TPSA) is 78.9 Å². The highest BCUT2D eigenvalue weighted by Gasteiger charge is 2.46. The first-order valence-electron chi connectivity index (χ1n) is 12.7. The Hall–Kier alpha value is -3.57. The SMILES string of the molecule is CSC1(C(=O)Oc2ccccc2F)CCN(CC(=O)N2CCN(c3ccc(-c4ncccn4)c(F)c3)CC2)C1. The molecular formula is C28H29F2N5O3S. The van der Waals surface area contributed by atoms with Gasteiger partial charge in [0.25, 0.3) is 0 Å². The minimum atomic E-state index is -0.859. The van der Waals surface area contributed by atoms with Gasteiger partial charge in [-0.2, -0.15) is 0 Å². The minimum absolute atomic E-state index is 0.0169. The maximum absolute atomic E-state index is 14.8. The highest BCUT2D eigenvalue weighted by atomic mass is 32.2. The van der Waals surface area contributed by atoms with Crippen LogP contribution in [-0.4, -0.2) is 88.5 Å². The molecule has 0 saturated carbocycles. The average molecular weight is 554 g/mol. The van der Waals surface area contributed by atoms with Crippen molar-refractivity contribution in [2.75, 3.05) is 57.0 Å². The number of carbonyl (C=O) groups excluding carboxylic acids is 2. The maximum atomic E-state index is 14.8. The van der Waals surface area contributed by atoms with E-state index in [0.717, 1.165) is 5.69 Å². The van der Waals surface area contributed by atoms with Crippen molar-refractivity contribution in [2.24, 2.45) is 0 Å². The Kier molecular flexibility index (Phi) is 8.08. The zero-order valence-electron chi connectivity index (χ0n) is 21.6. The van der Waals surface area contributed by atoms with Gasteiger partial charge in [0.05, 0.1) is 12.1 Å². The van der Waals surface area contributed by atoms with E-state index in [-0.39, 0.29) is 18.2 Å². The van der Waals surface area contributed by atoms with E-state index < -0.39 is 22.4 Å². The predicted octanol–water partition coefficient (Wildman–Crippen LogP) is 3.48. The van der Waals surface area contributed by atoms with Crippen LogP contribution in [0.3, 0.4) is 0 Å². The van der Waals surface area contributed by atoms with E-state index in [9.17, 15) is 18.4 Å². The number of hydrogen-bond acceptors (Lipinski definition) is 8. The number of benzene rings is 2. The summed E-state index contributed by atoms with van der Waals surface area (Å²) in [6.45, 7) is 3.29. The van der Waals surface area contributed by atoms with Gasteiger partial charge in [0.2, 0.25) is 5.91 Å². The van der Waals surface area contributed by atoms with E-state index in [0.29, 0.717) is 57.1 Å². The van der Waals surface area contributed by atoms with E-state index in [4.69, 9.17) is 4.74 Å². The van der Waals surface area contributed by atoms with Crippen LogP contribution in [0.2, 0.25) is 0 Å². The van der Waals surface area contributed by atoms with Crippen LogP contribution < -0.4 is 9.64 Å². The molecule has 0 spiro atoms. The number of ether oxygens (including phenoxy) is 1. The van der Waals surface area contributed by atoms with Crippen molar-refractivity contribution >= 4 is 29.3 Å². The molecule has 0 N–H and O–H groups in total. The molecule has 204 valence electrons. The molecule has 3 heterocycles. The highest BCUT2D eigenvalue weighted by molar-refractivity contribution is 8.00. The summed E-state index contributed by atoms with van der Waals surface area (Å²) in [4.78, 5) is 40.1. The van der Waals surface area contributed by atoms with Gasteiger partial charge in [-0.15, -0.1) is 11.8 Å². The van der Waals surface area contributed by atoms with Gasteiger partial charge in [0.1, 0.15) is 10.6 Å². The summed E-state index contributed by atoms with van der Waals surface area (Å²) in [6.07, 6.45) is 5.49. The maximum Gasteiger partial charge on any atom is 0.329 e. The van der Waals surface area contributed by atoms with Crippen LogP contribution in [0.1, 0.15) is 6.42 Å². The monoisotopic (exact) mass is 553 g/mol. The molecule has 2 saturated heterocycles. The van der Waals surface area contributed by atoms with Gasteiger partial charge in [0.15, 0.2) is 17.4 Å². The number of piperazine rings is 1. The third kappa shape index (κ3) is 5.89. The number of rotatable bonds is 7. The van der Waals surface area contributed by atoms with E-state index >= 15 is 0 Å². The summed E-state index contributed by atoms with van der Waals surface area (Å²) in [5.41, 5.74) is 1.09. The Morgan fingerprint density at radius 1 is 0.974 bits per heavy atom. The van der Waals surface area contributed by atoms with Crippen molar-refractivity contribution in [3.05, 3.63) is 72.6 Å². The largest absolute Gasteiger partial charge is 0.422 e. The van der Waals surface area contributed by atoms with Crippen molar-refractivity contribution in [3.8, 4) is 17.1 Å². The molecule has 1 amide bonds. The Morgan fingerprint density at radius 2 is 1.72 bits per heavy atom. The molecule has 8 nitrogen and oxygen atoms in total. The van der Waals surface area contributed by atoms with E-state index in [1.807, 2.05) is 17.2 Å². The first-order valence-corrected chi connectivity index (χ1v) is 13.9. The number of likely N-dealkylation sites (tertiary alicyclic amines) is 1. The fourth-order valence-electron chi connectivity index (χ4n) is 4.96. The van der Waals surface area contributed by atoms with Gasteiger partial charge in [-0.25, -0.2) is 18.7 Å². The molecule has 3 aromatic rings. The lowest BCUT2D eigenvalue weighted by Gasteiger charge is -2.37. The lowest BCUT2D eigenvalue weighted by atomic mass is 10.1. The molecule has 2 fully saturated rings. The van der Waals surface area contributed by atoms with Crippen molar-refractivity contribution in [1.82, 2.24) is 19.8 Å². The van der Waals surface area contributed by atoms with Crippen LogP contribution in [0.4, 0.5) is 14.5 Å². The normalized spacial score (nSPS) is 19.8. The average Bonchev–Trinajstić information content (AvgIpc) is 3.39. The zero-order valence-corrected chi connectivity index (χ0v) is 22.4. The number of para-hydroxylation sites is 1. The van der Waals surface area contributed by atoms with Crippen LogP contribution in [0.15, 0.2) is 60.9 Å². The first kappa shape index (κ1) is 27.0. The van der Waals surface area contributed by atoms with Crippen LogP contribution in [0.25, 0.3) is 11.4 Å².